The summed E-state index contributed by atoms with van der Waals surface area (Å²) in [6.07, 6.45) is 0. The smallest absolute Gasteiger partial charge is 0.489 e. The molecule has 2 aromatic rings. The van der Waals surface area contributed by atoms with E-state index in [0.29, 0.717) is 6.07 Å². The number of rotatable bonds is 4. The highest BCUT2D eigenvalue weighted by molar-refractivity contribution is 6.73. The molecule has 0 amide bonds. The minimum absolute atomic E-state index is 0.00799. The van der Waals surface area contributed by atoms with Crippen LogP contribution in [0.3, 0.4) is 0 Å². The summed E-state index contributed by atoms with van der Waals surface area (Å²) in [5.41, 5.74) is -0.585. The Labute approximate surface area is 112 Å². The zero-order valence-electron chi connectivity index (χ0n) is 10.1. The van der Waals surface area contributed by atoms with Crippen molar-refractivity contribution in [1.82, 2.24) is 0 Å². The van der Waals surface area contributed by atoms with Crippen LogP contribution in [0.2, 0.25) is 0 Å². The maximum absolute atomic E-state index is 12.9. The van der Waals surface area contributed by atoms with Crippen molar-refractivity contribution in [3.05, 3.63) is 59.7 Å². The first-order valence-corrected chi connectivity index (χ1v) is 5.72. The summed E-state index contributed by atoms with van der Waals surface area (Å²) < 4.78 is 68.6. The van der Waals surface area contributed by atoms with Crippen molar-refractivity contribution in [3.8, 4) is 5.75 Å². The lowest BCUT2D eigenvalue weighted by atomic mass is 9.80. The fraction of sp³-hybridized carbons (Fsp3) is 0.0769. The van der Waals surface area contributed by atoms with E-state index in [9.17, 15) is 21.7 Å². The minimum Gasteiger partial charge on any atom is -0.489 e. The van der Waals surface area contributed by atoms with Crippen LogP contribution in [0, 0.1) is 11.6 Å². The van der Waals surface area contributed by atoms with Gasteiger partial charge < -0.3 is 17.7 Å². The second kappa shape index (κ2) is 5.52. The number of halogens is 5. The molecule has 0 bridgehead atoms. The molecule has 0 unspecified atom stereocenters. The predicted molar refractivity (Wildman–Crippen MR) is 65.8 cm³/mol. The van der Waals surface area contributed by atoms with E-state index >= 15 is 0 Å². The summed E-state index contributed by atoms with van der Waals surface area (Å²) in [6.45, 7) is -5.33. The monoisotopic (exact) mass is 287 g/mol. The fourth-order valence-corrected chi connectivity index (χ4v) is 1.67. The lowest BCUT2D eigenvalue weighted by molar-refractivity contribution is 0.305. The van der Waals surface area contributed by atoms with Gasteiger partial charge in [-0.05, 0) is 29.8 Å². The molecule has 0 aliphatic heterocycles. The van der Waals surface area contributed by atoms with Crippen LogP contribution in [0.4, 0.5) is 21.7 Å². The summed E-state index contributed by atoms with van der Waals surface area (Å²) >= 11 is 0. The summed E-state index contributed by atoms with van der Waals surface area (Å²) in [4.78, 5) is 0. The summed E-state index contributed by atoms with van der Waals surface area (Å²) in [7, 11) is 0. The first-order valence-electron chi connectivity index (χ1n) is 5.72. The molecular weight excluding hydrogens is 278 g/mol. The molecule has 7 heteroatoms. The number of benzene rings is 2. The molecule has 0 heterocycles. The van der Waals surface area contributed by atoms with Crippen LogP contribution in [0.1, 0.15) is 5.56 Å². The van der Waals surface area contributed by atoms with E-state index in [1.807, 2.05) is 0 Å². The number of ether oxygens (including phenoxy) is 1. The molecule has 20 heavy (non-hydrogen) atoms. The molecule has 0 fully saturated rings. The Kier molecular flexibility index (Phi) is 3.97. The van der Waals surface area contributed by atoms with Crippen molar-refractivity contribution in [2.45, 2.75) is 6.61 Å². The van der Waals surface area contributed by atoms with Crippen LogP contribution in [-0.4, -0.2) is 6.98 Å². The Morgan fingerprint density at radius 1 is 0.900 bits per heavy atom. The molecule has 0 radical (unpaired) electrons. The van der Waals surface area contributed by atoms with Crippen molar-refractivity contribution in [1.29, 1.82) is 0 Å². The highest BCUT2D eigenvalue weighted by Gasteiger charge is 2.25. The largest absolute Gasteiger partial charge is 0.509 e. The predicted octanol–water partition coefficient (Wildman–Crippen LogP) is 3.60. The van der Waals surface area contributed by atoms with Gasteiger partial charge in [0, 0.05) is 6.07 Å². The van der Waals surface area contributed by atoms with Crippen molar-refractivity contribution < 1.29 is 26.5 Å². The number of hydrogen-bond acceptors (Lipinski definition) is 1. The van der Waals surface area contributed by atoms with Gasteiger partial charge in [0.15, 0.2) is 0 Å². The van der Waals surface area contributed by atoms with Crippen LogP contribution in [-0.2, 0) is 6.61 Å². The van der Waals surface area contributed by atoms with E-state index in [4.69, 9.17) is 4.74 Å². The zero-order chi connectivity index (χ0) is 14.8. The van der Waals surface area contributed by atoms with Crippen LogP contribution < -0.4 is 10.2 Å². The number of hydrogen-bond donors (Lipinski definition) is 0. The van der Waals surface area contributed by atoms with E-state index in [1.165, 1.54) is 12.1 Å². The van der Waals surface area contributed by atoms with Gasteiger partial charge in [-0.25, -0.2) is 8.78 Å². The second-order valence-electron chi connectivity index (χ2n) is 4.21. The first kappa shape index (κ1) is 14.4. The van der Waals surface area contributed by atoms with Crippen LogP contribution in [0.15, 0.2) is 42.5 Å². The van der Waals surface area contributed by atoms with Gasteiger partial charge in [0.05, 0.1) is 0 Å². The molecule has 0 aliphatic rings. The molecule has 0 aromatic heterocycles. The van der Waals surface area contributed by atoms with Crippen molar-refractivity contribution in [3.63, 3.8) is 0 Å². The average Bonchev–Trinajstić information content (AvgIpc) is 2.35. The first-order chi connectivity index (χ1) is 9.34. The maximum atomic E-state index is 12.9. The normalized spacial score (nSPS) is 11.4. The molecule has 1 nitrogen and oxygen atoms in total. The summed E-state index contributed by atoms with van der Waals surface area (Å²) in [5, 5.41) is 0. The van der Waals surface area contributed by atoms with Gasteiger partial charge >= 0.3 is 6.98 Å². The third kappa shape index (κ3) is 3.72. The zero-order valence-corrected chi connectivity index (χ0v) is 10.1. The van der Waals surface area contributed by atoms with E-state index in [1.54, 1.807) is 0 Å². The standard InChI is InChI=1S/C13H9BF5O/c15-11-4-9(5-12(16)7-11)8-20-13-3-1-2-10(6-13)14(17,18)19/h1-7H,8H2/q-1. The van der Waals surface area contributed by atoms with Gasteiger partial charge in [-0.3, -0.25) is 0 Å². The lowest BCUT2D eigenvalue weighted by Gasteiger charge is -2.16. The van der Waals surface area contributed by atoms with Gasteiger partial charge in [0.25, 0.3) is 0 Å². The average molecular weight is 287 g/mol. The van der Waals surface area contributed by atoms with E-state index in [2.05, 4.69) is 0 Å². The summed E-state index contributed by atoms with van der Waals surface area (Å²) in [6, 6.07) is 7.18. The van der Waals surface area contributed by atoms with Crippen molar-refractivity contribution in [2.24, 2.45) is 0 Å². The van der Waals surface area contributed by atoms with E-state index in [0.717, 1.165) is 24.3 Å². The Bertz CT molecular complexity index is 592. The quantitative estimate of drug-likeness (QED) is 0.616. The summed E-state index contributed by atoms with van der Waals surface area (Å²) in [5.74, 6) is -1.54. The van der Waals surface area contributed by atoms with E-state index < -0.39 is 24.1 Å². The molecule has 106 valence electrons. The highest BCUT2D eigenvalue weighted by atomic mass is 19.4. The third-order valence-corrected chi connectivity index (χ3v) is 2.56. The van der Waals surface area contributed by atoms with Crippen LogP contribution in [0.25, 0.3) is 0 Å². The molecule has 0 saturated heterocycles. The van der Waals surface area contributed by atoms with E-state index in [-0.39, 0.29) is 17.9 Å². The highest BCUT2D eigenvalue weighted by Crippen LogP contribution is 2.16. The topological polar surface area (TPSA) is 9.23 Å². The fourth-order valence-electron chi connectivity index (χ4n) is 1.67. The molecule has 0 saturated carbocycles. The third-order valence-electron chi connectivity index (χ3n) is 2.56. The van der Waals surface area contributed by atoms with Crippen LogP contribution >= 0.6 is 0 Å². The van der Waals surface area contributed by atoms with Gasteiger partial charge in [0.1, 0.15) is 24.0 Å². The van der Waals surface area contributed by atoms with Gasteiger partial charge in [-0.15, -0.1) is 5.46 Å². The lowest BCUT2D eigenvalue weighted by Crippen LogP contribution is -2.33. The van der Waals surface area contributed by atoms with Gasteiger partial charge in [-0.1, -0.05) is 12.1 Å². The molecule has 0 aliphatic carbocycles. The molecule has 2 rings (SSSR count). The van der Waals surface area contributed by atoms with Gasteiger partial charge in [-0.2, -0.15) is 0 Å². The molecule has 2 aromatic carbocycles. The Morgan fingerprint density at radius 3 is 2.15 bits per heavy atom. The Morgan fingerprint density at radius 2 is 1.55 bits per heavy atom. The molecular formula is C13H9BF5O-. The SMILES string of the molecule is Fc1cc(F)cc(COc2cccc([B-](F)(F)F)c2)c1. The van der Waals surface area contributed by atoms with Crippen molar-refractivity contribution in [2.75, 3.05) is 0 Å². The maximum Gasteiger partial charge on any atom is 0.509 e. The minimum atomic E-state index is -5.11. The van der Waals surface area contributed by atoms with Crippen LogP contribution in [0.5, 0.6) is 5.75 Å². The molecule has 0 N–H and O–H groups in total. The van der Waals surface area contributed by atoms with Crippen molar-refractivity contribution >= 4 is 12.4 Å². The molecule has 0 atom stereocenters. The molecule has 0 spiro atoms. The second-order valence-corrected chi connectivity index (χ2v) is 4.21. The Hall–Kier alpha value is -2.05. The van der Waals surface area contributed by atoms with Gasteiger partial charge in [0.2, 0.25) is 0 Å². The Balaban J connectivity index is 2.11.